The van der Waals surface area contributed by atoms with Crippen molar-refractivity contribution in [2.45, 2.75) is 43.8 Å². The van der Waals surface area contributed by atoms with Gasteiger partial charge in [-0.05, 0) is 44.9 Å². The highest BCUT2D eigenvalue weighted by molar-refractivity contribution is 5.95. The fourth-order valence-corrected chi connectivity index (χ4v) is 4.31. The number of hydrogen-bond donors (Lipinski definition) is 1. The van der Waals surface area contributed by atoms with Gasteiger partial charge in [0.2, 0.25) is 5.43 Å². The van der Waals surface area contributed by atoms with Gasteiger partial charge < -0.3 is 10.2 Å². The van der Waals surface area contributed by atoms with Gasteiger partial charge in [-0.2, -0.15) is 5.10 Å². The van der Waals surface area contributed by atoms with Crippen LogP contribution in [-0.4, -0.2) is 45.8 Å². The van der Waals surface area contributed by atoms with Gasteiger partial charge in [0.05, 0.1) is 10.9 Å². The Morgan fingerprint density at radius 2 is 1.92 bits per heavy atom. The molecule has 2 bridgehead atoms. The molecule has 1 N–H and O–H groups in total. The molecule has 1 unspecified atom stereocenters. The largest absolute Gasteiger partial charge is 0.348 e. The van der Waals surface area contributed by atoms with Gasteiger partial charge in [0.25, 0.3) is 5.91 Å². The minimum absolute atomic E-state index is 0.0315. The number of piperidine rings is 1. The summed E-state index contributed by atoms with van der Waals surface area (Å²) in [6.45, 7) is 0. The lowest BCUT2D eigenvalue weighted by atomic mass is 9.98. The maximum atomic E-state index is 14.1. The van der Waals surface area contributed by atoms with E-state index in [2.05, 4.69) is 22.4 Å². The Bertz CT molecular complexity index is 896. The molecule has 1 amide bonds. The van der Waals surface area contributed by atoms with Gasteiger partial charge in [0.1, 0.15) is 5.82 Å². The molecule has 1 aromatic heterocycles. The third kappa shape index (κ3) is 2.63. The van der Waals surface area contributed by atoms with Crippen LogP contribution in [0.25, 0.3) is 10.9 Å². The van der Waals surface area contributed by atoms with Crippen molar-refractivity contribution in [3.8, 4) is 0 Å². The van der Waals surface area contributed by atoms with Crippen molar-refractivity contribution in [3.63, 3.8) is 0 Å². The fourth-order valence-electron chi connectivity index (χ4n) is 4.31. The number of fused-ring (bicyclic) bond motifs is 3. The van der Waals surface area contributed by atoms with Crippen LogP contribution in [0.1, 0.15) is 36.2 Å². The molecular weight excluding hydrogens is 323 g/mol. The van der Waals surface area contributed by atoms with Crippen LogP contribution in [0, 0.1) is 5.82 Å². The van der Waals surface area contributed by atoms with Gasteiger partial charge in [0.15, 0.2) is 5.69 Å². The van der Waals surface area contributed by atoms with Crippen LogP contribution in [0.2, 0.25) is 0 Å². The van der Waals surface area contributed by atoms with Crippen LogP contribution >= 0.6 is 0 Å². The Morgan fingerprint density at radius 1 is 1.24 bits per heavy atom. The van der Waals surface area contributed by atoms with Gasteiger partial charge in [-0.3, -0.25) is 14.3 Å². The van der Waals surface area contributed by atoms with Crippen molar-refractivity contribution in [2.75, 3.05) is 7.05 Å². The number of benzene rings is 1. The predicted octanol–water partition coefficient (Wildman–Crippen LogP) is 1.43. The quantitative estimate of drug-likeness (QED) is 0.895. The van der Waals surface area contributed by atoms with Crippen molar-refractivity contribution in [1.29, 1.82) is 0 Å². The van der Waals surface area contributed by atoms with Crippen LogP contribution < -0.4 is 10.7 Å². The SMILES string of the molecule is CN1[C@@H]2CC[C@H]1CC(NC(=O)c1nn(C)c3cccc(F)c3c1=O)C2. The van der Waals surface area contributed by atoms with E-state index in [1.165, 1.54) is 16.8 Å². The Balaban J connectivity index is 1.64. The second-order valence-electron chi connectivity index (χ2n) is 7.13. The number of halogens is 1. The normalized spacial score (nSPS) is 26.1. The number of carbonyl (C=O) groups excluding carboxylic acids is 1. The highest BCUT2D eigenvalue weighted by Gasteiger charge is 2.39. The Hall–Kier alpha value is -2.28. The van der Waals surface area contributed by atoms with E-state index in [4.69, 9.17) is 0 Å². The number of hydrogen-bond acceptors (Lipinski definition) is 4. The Morgan fingerprint density at radius 3 is 2.60 bits per heavy atom. The summed E-state index contributed by atoms with van der Waals surface area (Å²) in [7, 11) is 3.73. The summed E-state index contributed by atoms with van der Waals surface area (Å²) in [5, 5.41) is 6.95. The first-order valence-corrected chi connectivity index (χ1v) is 8.64. The molecule has 2 fully saturated rings. The molecule has 2 aliphatic heterocycles. The van der Waals surface area contributed by atoms with E-state index in [-0.39, 0.29) is 17.1 Å². The third-order valence-corrected chi connectivity index (χ3v) is 5.68. The molecule has 6 nitrogen and oxygen atoms in total. The summed E-state index contributed by atoms with van der Waals surface area (Å²) in [4.78, 5) is 27.6. The van der Waals surface area contributed by atoms with Crippen molar-refractivity contribution < 1.29 is 9.18 Å². The molecule has 2 aromatic rings. The summed E-state index contributed by atoms with van der Waals surface area (Å²) >= 11 is 0. The average molecular weight is 344 g/mol. The molecule has 0 saturated carbocycles. The molecule has 0 spiro atoms. The maximum absolute atomic E-state index is 14.1. The number of aryl methyl sites for hydroxylation is 1. The van der Waals surface area contributed by atoms with E-state index in [1.54, 1.807) is 13.1 Å². The molecule has 25 heavy (non-hydrogen) atoms. The van der Waals surface area contributed by atoms with Crippen LogP contribution in [-0.2, 0) is 7.05 Å². The number of aromatic nitrogens is 2. The van der Waals surface area contributed by atoms with E-state index < -0.39 is 17.2 Å². The number of carbonyl (C=O) groups is 1. The van der Waals surface area contributed by atoms with E-state index >= 15 is 0 Å². The first kappa shape index (κ1) is 16.2. The molecule has 3 heterocycles. The summed E-state index contributed by atoms with van der Waals surface area (Å²) in [6, 6.07) is 5.35. The molecule has 3 atom stereocenters. The summed E-state index contributed by atoms with van der Waals surface area (Å²) in [5.74, 6) is -1.15. The van der Waals surface area contributed by atoms with Gasteiger partial charge in [-0.1, -0.05) is 6.07 Å². The topological polar surface area (TPSA) is 67.2 Å². The highest BCUT2D eigenvalue weighted by Crippen LogP contribution is 2.34. The maximum Gasteiger partial charge on any atom is 0.276 e. The van der Waals surface area contributed by atoms with Crippen LogP contribution in [0.5, 0.6) is 0 Å². The van der Waals surface area contributed by atoms with Gasteiger partial charge >= 0.3 is 0 Å². The van der Waals surface area contributed by atoms with E-state index in [1.807, 2.05) is 0 Å². The highest BCUT2D eigenvalue weighted by atomic mass is 19.1. The molecule has 2 aliphatic rings. The smallest absolute Gasteiger partial charge is 0.276 e. The Kier molecular flexibility index (Phi) is 3.83. The van der Waals surface area contributed by atoms with Crippen molar-refractivity contribution >= 4 is 16.8 Å². The van der Waals surface area contributed by atoms with Crippen LogP contribution in [0.15, 0.2) is 23.0 Å². The Labute approximate surface area is 144 Å². The molecule has 0 radical (unpaired) electrons. The van der Waals surface area contributed by atoms with Crippen molar-refractivity contribution in [2.24, 2.45) is 7.05 Å². The van der Waals surface area contributed by atoms with Crippen LogP contribution in [0.4, 0.5) is 4.39 Å². The van der Waals surface area contributed by atoms with Crippen LogP contribution in [0.3, 0.4) is 0 Å². The zero-order chi connectivity index (χ0) is 17.7. The first-order valence-electron chi connectivity index (χ1n) is 8.64. The molecule has 2 saturated heterocycles. The zero-order valence-corrected chi connectivity index (χ0v) is 14.3. The van der Waals surface area contributed by atoms with Gasteiger partial charge in [0, 0.05) is 25.2 Å². The van der Waals surface area contributed by atoms with Crippen molar-refractivity contribution in [3.05, 3.63) is 39.9 Å². The van der Waals surface area contributed by atoms with Gasteiger partial charge in [-0.25, -0.2) is 4.39 Å². The zero-order valence-electron chi connectivity index (χ0n) is 14.3. The molecule has 4 rings (SSSR count). The van der Waals surface area contributed by atoms with E-state index in [0.717, 1.165) is 25.7 Å². The predicted molar refractivity (Wildman–Crippen MR) is 92.0 cm³/mol. The average Bonchev–Trinajstić information content (AvgIpc) is 2.80. The molecule has 7 heteroatoms. The molecule has 1 aromatic carbocycles. The minimum Gasteiger partial charge on any atom is -0.348 e. The van der Waals surface area contributed by atoms with Gasteiger partial charge in [-0.15, -0.1) is 0 Å². The number of nitrogens with one attached hydrogen (secondary N) is 1. The van der Waals surface area contributed by atoms with E-state index in [9.17, 15) is 14.0 Å². The third-order valence-electron chi connectivity index (χ3n) is 5.68. The number of amides is 1. The second kappa shape index (κ2) is 5.91. The lowest BCUT2D eigenvalue weighted by molar-refractivity contribution is 0.0874. The number of rotatable bonds is 2. The number of nitrogens with zero attached hydrogens (tertiary/aromatic N) is 3. The van der Waals surface area contributed by atoms with Crippen molar-refractivity contribution in [1.82, 2.24) is 20.0 Å². The molecule has 0 aliphatic carbocycles. The minimum atomic E-state index is -0.653. The standard InChI is InChI=1S/C18H21FN4O2/c1-22-11-6-7-12(22)9-10(8-11)20-18(25)16-17(24)15-13(19)4-3-5-14(15)23(2)21-16/h3-5,10-12H,6-9H2,1-2H3,(H,20,25)/t10?,11-,12+. The molecule has 132 valence electrons. The lowest BCUT2D eigenvalue weighted by Gasteiger charge is -2.36. The summed E-state index contributed by atoms with van der Waals surface area (Å²) in [5.41, 5.74) is -0.523. The summed E-state index contributed by atoms with van der Waals surface area (Å²) in [6.07, 6.45) is 4.05. The first-order chi connectivity index (χ1) is 12.0. The monoisotopic (exact) mass is 344 g/mol. The second-order valence-corrected chi connectivity index (χ2v) is 7.13. The lowest BCUT2D eigenvalue weighted by Crippen LogP contribution is -2.49. The summed E-state index contributed by atoms with van der Waals surface area (Å²) < 4.78 is 15.5. The molecular formula is C18H21FN4O2. The van der Waals surface area contributed by atoms with E-state index in [0.29, 0.717) is 17.6 Å². The fraction of sp³-hybridized carbons (Fsp3) is 0.500.